The van der Waals surface area contributed by atoms with Crippen molar-refractivity contribution in [2.45, 2.75) is 59.8 Å². The zero-order valence-corrected chi connectivity index (χ0v) is 13.1. The number of pyridine rings is 1. The Hall–Kier alpha value is -1.31. The molecule has 0 unspecified atom stereocenters. The summed E-state index contributed by atoms with van der Waals surface area (Å²) in [6.07, 6.45) is 4.22. The number of H-pyrrole nitrogens is 1. The third-order valence-corrected chi connectivity index (χ3v) is 3.51. The Kier molecular flexibility index (Phi) is 3.46. The van der Waals surface area contributed by atoms with Crippen molar-refractivity contribution in [1.82, 2.24) is 9.97 Å². The quantitative estimate of drug-likeness (QED) is 0.820. The zero-order valence-electron chi connectivity index (χ0n) is 13.1. The lowest BCUT2D eigenvalue weighted by Crippen LogP contribution is -2.15. The van der Waals surface area contributed by atoms with Gasteiger partial charge in [-0.2, -0.15) is 0 Å². The van der Waals surface area contributed by atoms with Crippen molar-refractivity contribution in [3.05, 3.63) is 29.7 Å². The summed E-state index contributed by atoms with van der Waals surface area (Å²) in [5.74, 6) is 0. The molecule has 0 aliphatic rings. The minimum absolute atomic E-state index is 0.0930. The molecule has 1 N–H and O–H groups in total. The first-order chi connectivity index (χ1) is 8.67. The fourth-order valence-electron chi connectivity index (χ4n) is 2.20. The molecule has 2 aromatic heterocycles. The van der Waals surface area contributed by atoms with E-state index < -0.39 is 0 Å². The molecule has 0 aliphatic carbocycles. The van der Waals surface area contributed by atoms with Crippen LogP contribution in [0, 0.1) is 5.41 Å². The summed E-state index contributed by atoms with van der Waals surface area (Å²) in [6, 6.07) is 4.34. The maximum absolute atomic E-state index is 4.93. The van der Waals surface area contributed by atoms with Crippen molar-refractivity contribution in [2.75, 3.05) is 0 Å². The average Bonchev–Trinajstić information content (AvgIpc) is 2.71. The van der Waals surface area contributed by atoms with Crippen molar-refractivity contribution in [3.8, 4) is 0 Å². The minimum atomic E-state index is 0.0930. The molecule has 2 heterocycles. The van der Waals surface area contributed by atoms with Gasteiger partial charge in [0.1, 0.15) is 0 Å². The average molecular weight is 258 g/mol. The van der Waals surface area contributed by atoms with Crippen molar-refractivity contribution in [1.29, 1.82) is 0 Å². The van der Waals surface area contributed by atoms with Crippen molar-refractivity contribution in [2.24, 2.45) is 5.41 Å². The van der Waals surface area contributed by atoms with E-state index >= 15 is 0 Å². The third-order valence-electron chi connectivity index (χ3n) is 3.51. The summed E-state index contributed by atoms with van der Waals surface area (Å²) >= 11 is 0. The van der Waals surface area contributed by atoms with E-state index in [-0.39, 0.29) is 5.41 Å². The van der Waals surface area contributed by atoms with Gasteiger partial charge in [0.15, 0.2) is 0 Å². The van der Waals surface area contributed by atoms with Crippen LogP contribution in [0.2, 0.25) is 0 Å². The molecule has 2 nitrogen and oxygen atoms in total. The highest BCUT2D eigenvalue weighted by atomic mass is 14.8. The number of hydrogen-bond donors (Lipinski definition) is 1. The lowest BCUT2D eigenvalue weighted by Gasteiger charge is -2.21. The standard InChI is InChI=1S/C17H26N2/c1-16(2,3)9-7-13-12-8-10-18-14(12)11-15(19-13)17(4,5)6/h8,10-11,18H,7,9H2,1-6H3. The molecule has 0 aromatic carbocycles. The molecule has 0 atom stereocenters. The topological polar surface area (TPSA) is 28.7 Å². The first-order valence-corrected chi connectivity index (χ1v) is 7.14. The Labute approximate surface area is 116 Å². The molecule has 0 radical (unpaired) electrons. The second-order valence-corrected chi connectivity index (χ2v) is 7.70. The van der Waals surface area contributed by atoms with E-state index in [1.165, 1.54) is 22.3 Å². The van der Waals surface area contributed by atoms with Gasteiger partial charge in [0.25, 0.3) is 0 Å². The Bertz CT molecular complexity index is 565. The van der Waals surface area contributed by atoms with Gasteiger partial charge in [-0.15, -0.1) is 0 Å². The number of aromatic nitrogens is 2. The van der Waals surface area contributed by atoms with Gasteiger partial charge in [0.05, 0.1) is 5.69 Å². The molecule has 0 bridgehead atoms. The van der Waals surface area contributed by atoms with Crippen LogP contribution < -0.4 is 0 Å². The number of fused-ring (bicyclic) bond motifs is 1. The van der Waals surface area contributed by atoms with Gasteiger partial charge in [-0.05, 0) is 30.4 Å². The van der Waals surface area contributed by atoms with Crippen LogP contribution >= 0.6 is 0 Å². The van der Waals surface area contributed by atoms with Crippen molar-refractivity contribution >= 4 is 10.9 Å². The molecular formula is C17H26N2. The molecule has 104 valence electrons. The Morgan fingerprint density at radius 2 is 1.79 bits per heavy atom. The highest BCUT2D eigenvalue weighted by molar-refractivity contribution is 5.82. The summed E-state index contributed by atoms with van der Waals surface area (Å²) in [7, 11) is 0. The van der Waals surface area contributed by atoms with E-state index in [0.717, 1.165) is 12.8 Å². The highest BCUT2D eigenvalue weighted by Crippen LogP contribution is 2.28. The van der Waals surface area contributed by atoms with Crippen LogP contribution in [0.4, 0.5) is 0 Å². The van der Waals surface area contributed by atoms with E-state index in [0.29, 0.717) is 5.41 Å². The number of hydrogen-bond acceptors (Lipinski definition) is 1. The first-order valence-electron chi connectivity index (χ1n) is 7.14. The van der Waals surface area contributed by atoms with Crippen LogP contribution in [-0.2, 0) is 11.8 Å². The Balaban J connectivity index is 2.43. The molecule has 19 heavy (non-hydrogen) atoms. The summed E-state index contributed by atoms with van der Waals surface area (Å²) in [5.41, 5.74) is 4.06. The van der Waals surface area contributed by atoms with E-state index in [1.54, 1.807) is 0 Å². The van der Waals surface area contributed by atoms with Gasteiger partial charge in [0.2, 0.25) is 0 Å². The molecule has 0 saturated heterocycles. The molecule has 2 aromatic rings. The van der Waals surface area contributed by atoms with Crippen LogP contribution in [-0.4, -0.2) is 9.97 Å². The van der Waals surface area contributed by atoms with Crippen LogP contribution in [0.25, 0.3) is 10.9 Å². The van der Waals surface area contributed by atoms with Gasteiger partial charge < -0.3 is 4.98 Å². The Morgan fingerprint density at radius 1 is 1.11 bits per heavy atom. The minimum Gasteiger partial charge on any atom is -0.361 e. The molecular weight excluding hydrogens is 232 g/mol. The SMILES string of the molecule is CC(C)(C)CCc1nc(C(C)(C)C)cc2[nH]ccc12. The summed E-state index contributed by atoms with van der Waals surface area (Å²) in [4.78, 5) is 8.26. The molecule has 0 fully saturated rings. The number of aryl methyl sites for hydroxylation is 1. The van der Waals surface area contributed by atoms with Gasteiger partial charge in [-0.25, -0.2) is 0 Å². The zero-order chi connectivity index (χ0) is 14.3. The second kappa shape index (κ2) is 4.66. The molecule has 0 aliphatic heterocycles. The smallest absolute Gasteiger partial charge is 0.0501 e. The van der Waals surface area contributed by atoms with Gasteiger partial charge in [-0.1, -0.05) is 41.5 Å². The van der Waals surface area contributed by atoms with Crippen molar-refractivity contribution < 1.29 is 0 Å². The molecule has 0 saturated carbocycles. The third kappa shape index (κ3) is 3.37. The largest absolute Gasteiger partial charge is 0.361 e. The van der Waals surface area contributed by atoms with E-state index in [2.05, 4.69) is 58.7 Å². The molecule has 2 heteroatoms. The molecule has 0 amide bonds. The molecule has 2 rings (SSSR count). The second-order valence-electron chi connectivity index (χ2n) is 7.70. The van der Waals surface area contributed by atoms with Crippen LogP contribution in [0.3, 0.4) is 0 Å². The predicted octanol–water partition coefficient (Wildman–Crippen LogP) is 4.84. The van der Waals surface area contributed by atoms with Gasteiger partial charge >= 0.3 is 0 Å². The summed E-state index contributed by atoms with van der Waals surface area (Å²) in [5, 5.41) is 1.28. The lowest BCUT2D eigenvalue weighted by atomic mass is 9.88. The number of aromatic amines is 1. The van der Waals surface area contributed by atoms with E-state index in [4.69, 9.17) is 4.98 Å². The fourth-order valence-corrected chi connectivity index (χ4v) is 2.20. The number of rotatable bonds is 2. The molecule has 0 spiro atoms. The van der Waals surface area contributed by atoms with Gasteiger partial charge in [0, 0.05) is 28.2 Å². The number of nitrogens with zero attached hydrogens (tertiary/aromatic N) is 1. The Morgan fingerprint density at radius 3 is 2.37 bits per heavy atom. The fraction of sp³-hybridized carbons (Fsp3) is 0.588. The summed E-state index contributed by atoms with van der Waals surface area (Å²) < 4.78 is 0. The first kappa shape index (κ1) is 14.1. The highest BCUT2D eigenvalue weighted by Gasteiger charge is 2.19. The van der Waals surface area contributed by atoms with E-state index in [9.17, 15) is 0 Å². The van der Waals surface area contributed by atoms with Crippen molar-refractivity contribution in [3.63, 3.8) is 0 Å². The number of nitrogens with one attached hydrogen (secondary N) is 1. The van der Waals surface area contributed by atoms with Crippen LogP contribution in [0.1, 0.15) is 59.4 Å². The predicted molar refractivity (Wildman–Crippen MR) is 82.6 cm³/mol. The maximum atomic E-state index is 4.93. The van der Waals surface area contributed by atoms with E-state index in [1.807, 2.05) is 6.20 Å². The van der Waals surface area contributed by atoms with Gasteiger partial charge in [-0.3, -0.25) is 4.98 Å². The lowest BCUT2D eigenvalue weighted by molar-refractivity contribution is 0.376. The maximum Gasteiger partial charge on any atom is 0.0501 e. The monoisotopic (exact) mass is 258 g/mol. The van der Waals surface area contributed by atoms with Crippen LogP contribution in [0.5, 0.6) is 0 Å². The summed E-state index contributed by atoms with van der Waals surface area (Å²) in [6.45, 7) is 13.5. The van der Waals surface area contributed by atoms with Crippen LogP contribution in [0.15, 0.2) is 18.3 Å². The normalized spacial score (nSPS) is 13.2.